The zero-order valence-corrected chi connectivity index (χ0v) is 13.2. The molecule has 0 saturated heterocycles. The van der Waals surface area contributed by atoms with Crippen LogP contribution in [0.25, 0.3) is 0 Å². The van der Waals surface area contributed by atoms with E-state index >= 15 is 0 Å². The molecule has 0 aliphatic heterocycles. The summed E-state index contributed by atoms with van der Waals surface area (Å²) in [6.45, 7) is 4.06. The van der Waals surface area contributed by atoms with E-state index in [0.717, 1.165) is 19.3 Å². The number of aldehydes is 1. The lowest BCUT2D eigenvalue weighted by Gasteiger charge is -2.21. The standard InChI is InChI=1S/C17H20N2O4/c1-3-6-11(4-2)18-13-14(17(23)16(13)22)19-12-8-5-7-10(9-20)15(12)21/h5,7-9,11,18-19,21H,3-4,6H2,1-2H3. The van der Waals surface area contributed by atoms with Gasteiger partial charge in [-0.05, 0) is 25.0 Å². The van der Waals surface area contributed by atoms with Gasteiger partial charge in [0, 0.05) is 6.04 Å². The maximum Gasteiger partial charge on any atom is 0.253 e. The van der Waals surface area contributed by atoms with Gasteiger partial charge in [-0.25, -0.2) is 0 Å². The first-order valence-corrected chi connectivity index (χ1v) is 7.67. The molecule has 0 radical (unpaired) electrons. The number of aromatic hydroxyl groups is 1. The number of carbonyl (C=O) groups is 1. The SMILES string of the molecule is CCCC(CC)Nc1c(Nc2cccc(C=O)c2O)c(=O)c1=O. The third kappa shape index (κ3) is 3.26. The molecule has 2 rings (SSSR count). The van der Waals surface area contributed by atoms with Crippen molar-refractivity contribution in [3.8, 4) is 5.75 Å². The van der Waals surface area contributed by atoms with Crippen molar-refractivity contribution in [1.29, 1.82) is 0 Å². The molecule has 1 unspecified atom stereocenters. The molecular formula is C17H20N2O4. The van der Waals surface area contributed by atoms with Crippen LogP contribution in [0.3, 0.4) is 0 Å². The van der Waals surface area contributed by atoms with Gasteiger partial charge in [-0.1, -0.05) is 26.3 Å². The van der Waals surface area contributed by atoms with E-state index in [0.29, 0.717) is 6.29 Å². The van der Waals surface area contributed by atoms with Crippen LogP contribution in [0.4, 0.5) is 17.1 Å². The Morgan fingerprint density at radius 1 is 1.17 bits per heavy atom. The number of hydrogen-bond donors (Lipinski definition) is 3. The molecule has 0 aliphatic rings. The molecule has 0 aliphatic carbocycles. The van der Waals surface area contributed by atoms with Crippen LogP contribution in [0.1, 0.15) is 43.5 Å². The lowest BCUT2D eigenvalue weighted by atomic mass is 10.1. The van der Waals surface area contributed by atoms with Crippen molar-refractivity contribution in [3.63, 3.8) is 0 Å². The van der Waals surface area contributed by atoms with Gasteiger partial charge in [0.2, 0.25) is 0 Å². The zero-order chi connectivity index (χ0) is 17.0. The highest BCUT2D eigenvalue weighted by Crippen LogP contribution is 2.30. The van der Waals surface area contributed by atoms with E-state index in [1.807, 2.05) is 6.92 Å². The normalized spacial score (nSPS) is 12.1. The number of phenols is 1. The first-order chi connectivity index (χ1) is 11.0. The molecule has 23 heavy (non-hydrogen) atoms. The van der Waals surface area contributed by atoms with E-state index in [9.17, 15) is 19.5 Å². The average Bonchev–Trinajstić information content (AvgIpc) is 2.57. The first-order valence-electron chi connectivity index (χ1n) is 7.67. The van der Waals surface area contributed by atoms with Gasteiger partial charge >= 0.3 is 0 Å². The van der Waals surface area contributed by atoms with Gasteiger partial charge in [-0.15, -0.1) is 0 Å². The Kier molecular flexibility index (Phi) is 5.16. The van der Waals surface area contributed by atoms with Crippen molar-refractivity contribution in [3.05, 3.63) is 44.2 Å². The number of rotatable bonds is 8. The summed E-state index contributed by atoms with van der Waals surface area (Å²) in [5.74, 6) is -0.248. The highest BCUT2D eigenvalue weighted by atomic mass is 16.3. The minimum absolute atomic E-state index is 0.110. The monoisotopic (exact) mass is 316 g/mol. The summed E-state index contributed by atoms with van der Waals surface area (Å²) < 4.78 is 0. The summed E-state index contributed by atoms with van der Waals surface area (Å²) in [7, 11) is 0. The van der Waals surface area contributed by atoms with Gasteiger partial charge in [0.05, 0.1) is 11.3 Å². The molecule has 0 amide bonds. The molecule has 0 fully saturated rings. The second-order valence-corrected chi connectivity index (χ2v) is 5.43. The van der Waals surface area contributed by atoms with Crippen LogP contribution in [-0.2, 0) is 0 Å². The van der Waals surface area contributed by atoms with E-state index in [1.165, 1.54) is 12.1 Å². The Morgan fingerprint density at radius 3 is 2.48 bits per heavy atom. The molecule has 0 bridgehead atoms. The van der Waals surface area contributed by atoms with Crippen LogP contribution in [0, 0.1) is 0 Å². The van der Waals surface area contributed by atoms with Gasteiger partial charge in [0.15, 0.2) is 6.29 Å². The van der Waals surface area contributed by atoms with Crippen LogP contribution >= 0.6 is 0 Å². The molecule has 0 aromatic heterocycles. The molecule has 1 atom stereocenters. The molecule has 3 N–H and O–H groups in total. The molecule has 0 saturated carbocycles. The van der Waals surface area contributed by atoms with E-state index in [1.54, 1.807) is 6.07 Å². The Balaban J connectivity index is 2.28. The topological polar surface area (TPSA) is 95.5 Å². The summed E-state index contributed by atoms with van der Waals surface area (Å²) in [6.07, 6.45) is 3.21. The number of nitrogens with one attached hydrogen (secondary N) is 2. The smallest absolute Gasteiger partial charge is 0.253 e. The van der Waals surface area contributed by atoms with Crippen LogP contribution in [0.15, 0.2) is 27.8 Å². The van der Waals surface area contributed by atoms with Crippen LogP contribution < -0.4 is 21.5 Å². The average molecular weight is 316 g/mol. The first kappa shape index (κ1) is 16.7. The maximum absolute atomic E-state index is 11.8. The van der Waals surface area contributed by atoms with E-state index in [4.69, 9.17) is 0 Å². The molecule has 6 nitrogen and oxygen atoms in total. The summed E-state index contributed by atoms with van der Waals surface area (Å²) in [4.78, 5) is 34.5. The van der Waals surface area contributed by atoms with Crippen molar-refractivity contribution in [2.24, 2.45) is 0 Å². The van der Waals surface area contributed by atoms with Crippen LogP contribution in [0.5, 0.6) is 5.75 Å². The van der Waals surface area contributed by atoms with Gasteiger partial charge in [0.1, 0.15) is 17.1 Å². The van der Waals surface area contributed by atoms with E-state index < -0.39 is 10.9 Å². The van der Waals surface area contributed by atoms with Crippen molar-refractivity contribution in [2.45, 2.75) is 39.2 Å². The highest BCUT2D eigenvalue weighted by molar-refractivity contribution is 5.87. The van der Waals surface area contributed by atoms with E-state index in [-0.39, 0.29) is 34.4 Å². The van der Waals surface area contributed by atoms with Crippen molar-refractivity contribution < 1.29 is 9.90 Å². The second-order valence-electron chi connectivity index (χ2n) is 5.43. The summed E-state index contributed by atoms with van der Waals surface area (Å²) in [6, 6.07) is 4.69. The molecule has 2 aromatic carbocycles. The predicted molar refractivity (Wildman–Crippen MR) is 90.7 cm³/mol. The number of anilines is 3. The van der Waals surface area contributed by atoms with Gasteiger partial charge in [0.25, 0.3) is 10.9 Å². The second kappa shape index (κ2) is 7.09. The summed E-state index contributed by atoms with van der Waals surface area (Å²) in [5.41, 5.74) is -0.495. The molecule has 122 valence electrons. The minimum Gasteiger partial charge on any atom is -0.505 e. The number of para-hydroxylation sites is 1. The van der Waals surface area contributed by atoms with Crippen LogP contribution in [-0.4, -0.2) is 17.4 Å². The van der Waals surface area contributed by atoms with Crippen molar-refractivity contribution >= 4 is 23.3 Å². The summed E-state index contributed by atoms with van der Waals surface area (Å²) >= 11 is 0. The fourth-order valence-corrected chi connectivity index (χ4v) is 2.47. The maximum atomic E-state index is 11.8. The van der Waals surface area contributed by atoms with Crippen molar-refractivity contribution in [2.75, 3.05) is 10.6 Å². The Morgan fingerprint density at radius 2 is 1.87 bits per heavy atom. The molecule has 0 heterocycles. The fraction of sp³-hybridized carbons (Fsp3) is 0.353. The minimum atomic E-state index is -0.630. The Bertz CT molecular complexity index is 775. The third-order valence-corrected chi connectivity index (χ3v) is 3.84. The number of benzene rings is 1. The van der Waals surface area contributed by atoms with E-state index in [2.05, 4.69) is 17.6 Å². The molecule has 0 spiro atoms. The molecule has 2 aromatic rings. The van der Waals surface area contributed by atoms with Gasteiger partial charge in [-0.3, -0.25) is 14.4 Å². The number of phenolic OH excluding ortho intramolecular Hbond substituents is 1. The third-order valence-electron chi connectivity index (χ3n) is 3.84. The Hall–Kier alpha value is -2.63. The zero-order valence-electron chi connectivity index (χ0n) is 13.2. The lowest BCUT2D eigenvalue weighted by molar-refractivity contribution is 0.112. The quantitative estimate of drug-likeness (QED) is 0.393. The van der Waals surface area contributed by atoms with Crippen LogP contribution in [0.2, 0.25) is 0 Å². The fourth-order valence-electron chi connectivity index (χ4n) is 2.47. The highest BCUT2D eigenvalue weighted by Gasteiger charge is 2.23. The van der Waals surface area contributed by atoms with Gasteiger partial charge < -0.3 is 15.7 Å². The largest absolute Gasteiger partial charge is 0.505 e. The summed E-state index contributed by atoms with van der Waals surface area (Å²) in [5, 5.41) is 15.8. The lowest BCUT2D eigenvalue weighted by Crippen LogP contribution is -2.39. The predicted octanol–water partition coefficient (Wildman–Crippen LogP) is 2.53. The molecule has 6 heteroatoms. The Labute approximate surface area is 133 Å². The number of hydrogen-bond acceptors (Lipinski definition) is 6. The van der Waals surface area contributed by atoms with Gasteiger partial charge in [-0.2, -0.15) is 0 Å². The molecular weight excluding hydrogens is 296 g/mol. The number of carbonyl (C=O) groups excluding carboxylic acids is 1. The van der Waals surface area contributed by atoms with Crippen molar-refractivity contribution in [1.82, 2.24) is 0 Å².